The number of carbonyl (C=O) groups is 1. The Labute approximate surface area is 87.4 Å². The first-order chi connectivity index (χ1) is 6.56. The fraction of sp³-hybridized carbons (Fsp3) is 0.333. The Morgan fingerprint density at radius 3 is 2.86 bits per heavy atom. The quantitative estimate of drug-likeness (QED) is 0.704. The molecule has 1 heterocycles. The highest BCUT2D eigenvalue weighted by atomic mass is 35.5. The summed E-state index contributed by atoms with van der Waals surface area (Å²) in [7, 11) is 2.94. The molecule has 0 saturated carbocycles. The fourth-order valence-electron chi connectivity index (χ4n) is 0.960. The van der Waals surface area contributed by atoms with E-state index in [1.807, 2.05) is 0 Å². The molecule has 14 heavy (non-hydrogen) atoms. The Morgan fingerprint density at radius 1 is 1.64 bits per heavy atom. The average molecular weight is 215 g/mol. The Hall–Kier alpha value is -1.13. The first-order valence-corrected chi connectivity index (χ1v) is 4.38. The third kappa shape index (κ3) is 2.21. The predicted octanol–water partition coefficient (Wildman–Crippen LogP) is 1.68. The molecule has 1 aromatic rings. The number of hydroxylamine groups is 2. The maximum Gasteiger partial charge on any atom is 0.278 e. The van der Waals surface area contributed by atoms with Crippen molar-refractivity contribution in [1.82, 2.24) is 10.0 Å². The van der Waals surface area contributed by atoms with Gasteiger partial charge in [-0.25, -0.2) is 5.06 Å². The molecule has 0 unspecified atom stereocenters. The van der Waals surface area contributed by atoms with Gasteiger partial charge in [0.2, 0.25) is 0 Å². The molecule has 0 radical (unpaired) electrons. The molecule has 4 nitrogen and oxygen atoms in total. The molecule has 76 valence electrons. The number of aromatic nitrogens is 1. The van der Waals surface area contributed by atoms with Gasteiger partial charge >= 0.3 is 0 Å². The minimum absolute atomic E-state index is 0.289. The smallest absolute Gasteiger partial charge is 0.274 e. The summed E-state index contributed by atoms with van der Waals surface area (Å²) in [5, 5.41) is 1.44. The van der Waals surface area contributed by atoms with Crippen molar-refractivity contribution in [3.8, 4) is 0 Å². The maximum absolute atomic E-state index is 11.6. The number of hydrogen-bond donors (Lipinski definition) is 0. The van der Waals surface area contributed by atoms with E-state index in [-0.39, 0.29) is 5.91 Å². The minimum atomic E-state index is -0.289. The number of hydrogen-bond acceptors (Lipinski definition) is 3. The summed E-state index contributed by atoms with van der Waals surface area (Å²) >= 11 is 5.83. The lowest BCUT2D eigenvalue weighted by molar-refractivity contribution is -0.0756. The van der Waals surface area contributed by atoms with E-state index in [1.54, 1.807) is 13.0 Å². The molecule has 0 bridgehead atoms. The largest absolute Gasteiger partial charge is 0.278 e. The summed E-state index contributed by atoms with van der Waals surface area (Å²) in [4.78, 5) is 20.4. The summed E-state index contributed by atoms with van der Waals surface area (Å²) in [5.74, 6) is -0.289. The van der Waals surface area contributed by atoms with Crippen LogP contribution in [0, 0.1) is 6.92 Å². The highest BCUT2D eigenvalue weighted by Gasteiger charge is 2.15. The molecule has 1 aromatic heterocycles. The van der Waals surface area contributed by atoms with E-state index in [1.165, 1.54) is 20.4 Å². The molecule has 0 N–H and O–H groups in total. The van der Waals surface area contributed by atoms with Crippen LogP contribution in [0.25, 0.3) is 0 Å². The zero-order chi connectivity index (χ0) is 10.7. The van der Waals surface area contributed by atoms with E-state index >= 15 is 0 Å². The van der Waals surface area contributed by atoms with Crippen LogP contribution in [0.15, 0.2) is 12.3 Å². The van der Waals surface area contributed by atoms with Crippen molar-refractivity contribution in [1.29, 1.82) is 0 Å². The van der Waals surface area contributed by atoms with Crippen molar-refractivity contribution < 1.29 is 9.63 Å². The van der Waals surface area contributed by atoms with Gasteiger partial charge in [0, 0.05) is 18.9 Å². The summed E-state index contributed by atoms with van der Waals surface area (Å²) in [6.45, 7) is 1.79. The van der Waals surface area contributed by atoms with Gasteiger partial charge in [-0.3, -0.25) is 14.6 Å². The normalized spacial score (nSPS) is 10.0. The first kappa shape index (κ1) is 10.9. The number of nitrogens with zero attached hydrogens (tertiary/aromatic N) is 2. The summed E-state index contributed by atoms with van der Waals surface area (Å²) in [6.07, 6.45) is 1.45. The summed E-state index contributed by atoms with van der Waals surface area (Å²) in [5.41, 5.74) is 1.13. The highest BCUT2D eigenvalue weighted by molar-refractivity contribution is 6.33. The molecule has 0 spiro atoms. The zero-order valence-electron chi connectivity index (χ0n) is 8.24. The topological polar surface area (TPSA) is 42.4 Å². The van der Waals surface area contributed by atoms with E-state index < -0.39 is 0 Å². The Bertz CT molecular complexity index is 355. The SMILES string of the molecule is CON(C)C(=O)c1cc(C)ncc1Cl. The molecule has 0 aliphatic rings. The van der Waals surface area contributed by atoms with Crippen LogP contribution in [0.3, 0.4) is 0 Å². The van der Waals surface area contributed by atoms with Gasteiger partial charge in [0.05, 0.1) is 17.7 Å². The van der Waals surface area contributed by atoms with Crippen LogP contribution in [0.1, 0.15) is 16.1 Å². The molecule has 0 aliphatic carbocycles. The van der Waals surface area contributed by atoms with Gasteiger partial charge in [0.15, 0.2) is 0 Å². The Kier molecular flexibility index (Phi) is 3.43. The standard InChI is InChI=1S/C9H11ClN2O2/c1-6-4-7(8(10)5-11-6)9(13)12(2)14-3/h4-5H,1-3H3. The van der Waals surface area contributed by atoms with E-state index in [2.05, 4.69) is 4.98 Å². The van der Waals surface area contributed by atoms with Gasteiger partial charge in [-0.15, -0.1) is 0 Å². The van der Waals surface area contributed by atoms with Crippen molar-refractivity contribution in [2.75, 3.05) is 14.2 Å². The van der Waals surface area contributed by atoms with E-state index in [9.17, 15) is 4.79 Å². The van der Waals surface area contributed by atoms with Crippen LogP contribution < -0.4 is 0 Å². The monoisotopic (exact) mass is 214 g/mol. The Morgan fingerprint density at radius 2 is 2.29 bits per heavy atom. The molecule has 0 aliphatic heterocycles. The molecule has 1 rings (SSSR count). The molecule has 1 amide bonds. The zero-order valence-corrected chi connectivity index (χ0v) is 9.00. The second kappa shape index (κ2) is 4.39. The van der Waals surface area contributed by atoms with Crippen molar-refractivity contribution in [2.45, 2.75) is 6.92 Å². The lowest BCUT2D eigenvalue weighted by Gasteiger charge is -2.14. The first-order valence-electron chi connectivity index (χ1n) is 4.00. The predicted molar refractivity (Wildman–Crippen MR) is 53.1 cm³/mol. The van der Waals surface area contributed by atoms with Crippen LogP contribution in [-0.2, 0) is 4.84 Å². The van der Waals surface area contributed by atoms with Gasteiger partial charge in [-0.1, -0.05) is 11.6 Å². The van der Waals surface area contributed by atoms with Gasteiger partial charge < -0.3 is 0 Å². The second-order valence-corrected chi connectivity index (χ2v) is 3.20. The number of halogens is 1. The number of carbonyl (C=O) groups excluding carboxylic acids is 1. The van der Waals surface area contributed by atoms with Gasteiger partial charge in [0.25, 0.3) is 5.91 Å². The van der Waals surface area contributed by atoms with Crippen LogP contribution in [0.2, 0.25) is 5.02 Å². The van der Waals surface area contributed by atoms with Crippen LogP contribution in [0.5, 0.6) is 0 Å². The molecular formula is C9H11ClN2O2. The Balaban J connectivity index is 3.06. The molecule has 5 heteroatoms. The van der Waals surface area contributed by atoms with Crippen molar-refractivity contribution in [3.05, 3.63) is 28.5 Å². The number of pyridine rings is 1. The van der Waals surface area contributed by atoms with Gasteiger partial charge in [-0.2, -0.15) is 0 Å². The number of rotatable bonds is 2. The van der Waals surface area contributed by atoms with Crippen LogP contribution in [-0.4, -0.2) is 30.1 Å². The van der Waals surface area contributed by atoms with Crippen molar-refractivity contribution in [2.24, 2.45) is 0 Å². The molecule has 0 atom stereocenters. The van der Waals surface area contributed by atoms with Gasteiger partial charge in [0.1, 0.15) is 0 Å². The number of aryl methyl sites for hydroxylation is 1. The molecule has 0 aromatic carbocycles. The molecule has 0 fully saturated rings. The third-order valence-electron chi connectivity index (χ3n) is 1.78. The summed E-state index contributed by atoms with van der Waals surface area (Å²) < 4.78 is 0. The lowest BCUT2D eigenvalue weighted by atomic mass is 10.2. The van der Waals surface area contributed by atoms with Crippen LogP contribution in [0.4, 0.5) is 0 Å². The lowest BCUT2D eigenvalue weighted by Crippen LogP contribution is -2.25. The van der Waals surface area contributed by atoms with E-state index in [0.29, 0.717) is 10.6 Å². The van der Waals surface area contributed by atoms with Gasteiger partial charge in [-0.05, 0) is 13.0 Å². The molecule has 0 saturated heterocycles. The van der Waals surface area contributed by atoms with E-state index in [0.717, 1.165) is 10.8 Å². The second-order valence-electron chi connectivity index (χ2n) is 2.79. The maximum atomic E-state index is 11.6. The third-order valence-corrected chi connectivity index (χ3v) is 2.08. The summed E-state index contributed by atoms with van der Waals surface area (Å²) in [6, 6.07) is 1.63. The number of amides is 1. The highest BCUT2D eigenvalue weighted by Crippen LogP contribution is 2.16. The van der Waals surface area contributed by atoms with E-state index in [4.69, 9.17) is 16.4 Å². The average Bonchev–Trinajstić information content (AvgIpc) is 2.19. The molecular weight excluding hydrogens is 204 g/mol. The van der Waals surface area contributed by atoms with Crippen LogP contribution >= 0.6 is 11.6 Å². The fourth-order valence-corrected chi connectivity index (χ4v) is 1.14. The van der Waals surface area contributed by atoms with Crippen molar-refractivity contribution >= 4 is 17.5 Å². The van der Waals surface area contributed by atoms with Crippen molar-refractivity contribution in [3.63, 3.8) is 0 Å². The minimum Gasteiger partial charge on any atom is -0.274 e.